The fourth-order valence-corrected chi connectivity index (χ4v) is 3.12. The van der Waals surface area contributed by atoms with E-state index in [0.29, 0.717) is 5.69 Å². The van der Waals surface area contributed by atoms with Crippen molar-refractivity contribution in [3.8, 4) is 17.3 Å². The molecule has 0 atom stereocenters. The molecule has 0 aliphatic rings. The fraction of sp³-hybridized carbons (Fsp3) is 0.0526. The van der Waals surface area contributed by atoms with Crippen LogP contribution in [-0.4, -0.2) is 9.38 Å². The van der Waals surface area contributed by atoms with E-state index >= 15 is 0 Å². The predicted molar refractivity (Wildman–Crippen MR) is 95.3 cm³/mol. The smallest absolute Gasteiger partial charge is 0.152 e. The summed E-state index contributed by atoms with van der Waals surface area (Å²) in [4.78, 5) is 4.68. The number of rotatable bonds is 1. The summed E-state index contributed by atoms with van der Waals surface area (Å²) in [6.45, 7) is 2.01. The first kappa shape index (κ1) is 14.0. The molecule has 0 unspecified atom stereocenters. The third kappa shape index (κ3) is 2.21. The average molecular weight is 362 g/mol. The Bertz CT molecular complexity index is 1100. The first-order valence-corrected chi connectivity index (χ1v) is 8.04. The number of aromatic nitrogens is 2. The lowest BCUT2D eigenvalue weighted by Gasteiger charge is -2.02. The van der Waals surface area contributed by atoms with Gasteiger partial charge in [0.05, 0.1) is 0 Å². The molecule has 0 saturated carbocycles. The molecular formula is C19H12BrN3. The number of imidazole rings is 1. The summed E-state index contributed by atoms with van der Waals surface area (Å²) in [7, 11) is 0. The van der Waals surface area contributed by atoms with Crippen molar-refractivity contribution in [1.29, 1.82) is 5.26 Å². The third-order valence-electron chi connectivity index (χ3n) is 4.03. The number of halogens is 1. The van der Waals surface area contributed by atoms with Gasteiger partial charge in [-0.1, -0.05) is 36.4 Å². The van der Waals surface area contributed by atoms with Crippen molar-refractivity contribution in [2.45, 2.75) is 6.92 Å². The Hall–Kier alpha value is -2.64. The number of nitriles is 1. The molecule has 2 aromatic carbocycles. The summed E-state index contributed by atoms with van der Waals surface area (Å²) in [6.07, 6.45) is 1.90. The molecule has 0 aliphatic carbocycles. The SMILES string of the molecule is Cc1cc2nc(-c3ccc4ccccc4c3)c(C#N)n2cc1Br. The van der Waals surface area contributed by atoms with Crippen LogP contribution in [0.25, 0.3) is 27.7 Å². The van der Waals surface area contributed by atoms with E-state index in [1.54, 1.807) is 0 Å². The van der Waals surface area contributed by atoms with Gasteiger partial charge in [-0.3, -0.25) is 4.40 Å². The first-order valence-electron chi connectivity index (χ1n) is 7.25. The average Bonchev–Trinajstić information content (AvgIpc) is 2.92. The normalized spacial score (nSPS) is 11.0. The van der Waals surface area contributed by atoms with Crippen LogP contribution in [0, 0.1) is 18.3 Å². The van der Waals surface area contributed by atoms with E-state index in [9.17, 15) is 5.26 Å². The van der Waals surface area contributed by atoms with Crippen LogP contribution in [0.15, 0.2) is 59.2 Å². The molecule has 110 valence electrons. The van der Waals surface area contributed by atoms with Gasteiger partial charge < -0.3 is 0 Å². The minimum Gasteiger partial charge on any atom is -0.290 e. The molecule has 2 heterocycles. The minimum absolute atomic E-state index is 0.552. The zero-order valence-corrected chi connectivity index (χ0v) is 14.0. The molecule has 0 saturated heterocycles. The van der Waals surface area contributed by atoms with Crippen molar-refractivity contribution in [3.05, 3.63) is 70.5 Å². The molecular weight excluding hydrogens is 350 g/mol. The maximum Gasteiger partial charge on any atom is 0.152 e. The van der Waals surface area contributed by atoms with E-state index in [0.717, 1.165) is 32.3 Å². The van der Waals surface area contributed by atoms with Crippen LogP contribution in [0.5, 0.6) is 0 Å². The summed E-state index contributed by atoms with van der Waals surface area (Å²) < 4.78 is 2.80. The van der Waals surface area contributed by atoms with E-state index in [-0.39, 0.29) is 0 Å². The van der Waals surface area contributed by atoms with Crippen LogP contribution in [0.3, 0.4) is 0 Å². The van der Waals surface area contributed by atoms with Gasteiger partial charge in [0.25, 0.3) is 0 Å². The summed E-state index contributed by atoms with van der Waals surface area (Å²) >= 11 is 3.52. The third-order valence-corrected chi connectivity index (χ3v) is 4.86. The van der Waals surface area contributed by atoms with Crippen LogP contribution in [0.1, 0.15) is 11.3 Å². The summed E-state index contributed by atoms with van der Waals surface area (Å²) in [5.41, 5.74) is 4.10. The minimum atomic E-state index is 0.552. The Morgan fingerprint density at radius 2 is 1.87 bits per heavy atom. The Kier molecular flexibility index (Phi) is 3.17. The number of nitrogens with zero attached hydrogens (tertiary/aromatic N) is 3. The zero-order chi connectivity index (χ0) is 16.0. The number of benzene rings is 2. The Balaban J connectivity index is 2.01. The molecule has 0 fully saturated rings. The molecule has 2 aromatic heterocycles. The van der Waals surface area contributed by atoms with Gasteiger partial charge in [-0.25, -0.2) is 4.98 Å². The van der Waals surface area contributed by atoms with Gasteiger partial charge >= 0.3 is 0 Å². The molecule has 4 heteroatoms. The molecule has 0 amide bonds. The molecule has 0 aliphatic heterocycles. The Morgan fingerprint density at radius 3 is 2.65 bits per heavy atom. The maximum absolute atomic E-state index is 9.61. The number of fused-ring (bicyclic) bond motifs is 2. The lowest BCUT2D eigenvalue weighted by Crippen LogP contribution is -1.90. The van der Waals surface area contributed by atoms with Gasteiger partial charge in [-0.05, 0) is 51.3 Å². The predicted octanol–water partition coefficient (Wildman–Crippen LogP) is 5.10. The van der Waals surface area contributed by atoms with E-state index in [1.807, 2.05) is 41.8 Å². The molecule has 3 nitrogen and oxygen atoms in total. The van der Waals surface area contributed by atoms with E-state index in [2.05, 4.69) is 51.2 Å². The first-order chi connectivity index (χ1) is 11.2. The molecule has 4 rings (SSSR count). The molecule has 4 aromatic rings. The zero-order valence-electron chi connectivity index (χ0n) is 12.4. The van der Waals surface area contributed by atoms with Crippen LogP contribution >= 0.6 is 15.9 Å². The maximum atomic E-state index is 9.61. The van der Waals surface area contributed by atoms with Crippen molar-refractivity contribution in [1.82, 2.24) is 9.38 Å². The highest BCUT2D eigenvalue weighted by Gasteiger charge is 2.15. The monoisotopic (exact) mass is 361 g/mol. The lowest BCUT2D eigenvalue weighted by molar-refractivity contribution is 1.13. The van der Waals surface area contributed by atoms with Crippen LogP contribution in [-0.2, 0) is 0 Å². The topological polar surface area (TPSA) is 41.1 Å². The van der Waals surface area contributed by atoms with Crippen LogP contribution < -0.4 is 0 Å². The number of aryl methyl sites for hydroxylation is 1. The van der Waals surface area contributed by atoms with Gasteiger partial charge in [0, 0.05) is 16.2 Å². The standard InChI is InChI=1S/C19H12BrN3/c1-12-8-18-22-19(17(10-21)23(18)11-16(12)20)15-7-6-13-4-2-3-5-14(13)9-15/h2-9,11H,1H3. The molecule has 23 heavy (non-hydrogen) atoms. The second-order valence-corrected chi connectivity index (χ2v) is 6.37. The molecule has 0 radical (unpaired) electrons. The van der Waals surface area contributed by atoms with Crippen molar-refractivity contribution >= 4 is 32.3 Å². The molecule has 0 spiro atoms. The fourth-order valence-electron chi connectivity index (χ4n) is 2.80. The second-order valence-electron chi connectivity index (χ2n) is 5.52. The number of hydrogen-bond donors (Lipinski definition) is 0. The summed E-state index contributed by atoms with van der Waals surface area (Å²) in [5.74, 6) is 0. The molecule has 0 N–H and O–H groups in total. The van der Waals surface area contributed by atoms with Crippen molar-refractivity contribution in [2.75, 3.05) is 0 Å². The number of pyridine rings is 1. The Morgan fingerprint density at radius 1 is 1.09 bits per heavy atom. The molecule has 0 bridgehead atoms. The lowest BCUT2D eigenvalue weighted by atomic mass is 10.0. The highest BCUT2D eigenvalue weighted by Crippen LogP contribution is 2.29. The second kappa shape index (κ2) is 5.22. The largest absolute Gasteiger partial charge is 0.290 e. The van der Waals surface area contributed by atoms with Crippen molar-refractivity contribution in [2.24, 2.45) is 0 Å². The summed E-state index contributed by atoms with van der Waals surface area (Å²) in [5, 5.41) is 11.9. The van der Waals surface area contributed by atoms with Gasteiger partial charge in [0.2, 0.25) is 0 Å². The van der Waals surface area contributed by atoms with Gasteiger partial charge in [0.15, 0.2) is 5.69 Å². The highest BCUT2D eigenvalue weighted by molar-refractivity contribution is 9.10. The highest BCUT2D eigenvalue weighted by atomic mass is 79.9. The van der Waals surface area contributed by atoms with Crippen LogP contribution in [0.2, 0.25) is 0 Å². The van der Waals surface area contributed by atoms with Gasteiger partial charge in [-0.15, -0.1) is 0 Å². The van der Waals surface area contributed by atoms with Gasteiger partial charge in [-0.2, -0.15) is 5.26 Å². The van der Waals surface area contributed by atoms with Crippen molar-refractivity contribution < 1.29 is 0 Å². The summed E-state index contributed by atoms with van der Waals surface area (Å²) in [6, 6.07) is 18.6. The Labute approximate surface area is 141 Å². The van der Waals surface area contributed by atoms with E-state index in [1.165, 1.54) is 5.39 Å². The van der Waals surface area contributed by atoms with E-state index < -0.39 is 0 Å². The van der Waals surface area contributed by atoms with Gasteiger partial charge in [0.1, 0.15) is 17.4 Å². The van der Waals surface area contributed by atoms with E-state index in [4.69, 9.17) is 0 Å². The quantitative estimate of drug-likeness (QED) is 0.473. The van der Waals surface area contributed by atoms with Crippen LogP contribution in [0.4, 0.5) is 0 Å². The number of hydrogen-bond acceptors (Lipinski definition) is 2. The van der Waals surface area contributed by atoms with Crippen molar-refractivity contribution in [3.63, 3.8) is 0 Å².